The lowest BCUT2D eigenvalue weighted by Gasteiger charge is -2.37. The average Bonchev–Trinajstić information content (AvgIpc) is 3.26. The van der Waals surface area contributed by atoms with Crippen LogP contribution < -0.4 is 20.1 Å². The number of piperazine rings is 1. The van der Waals surface area contributed by atoms with E-state index in [2.05, 4.69) is 21.6 Å². The van der Waals surface area contributed by atoms with E-state index in [1.807, 2.05) is 30.9 Å². The van der Waals surface area contributed by atoms with E-state index in [1.165, 1.54) is 12.0 Å². The van der Waals surface area contributed by atoms with Gasteiger partial charge in [-0.1, -0.05) is 39.2 Å². The highest BCUT2D eigenvalue weighted by atomic mass is 16.7. The van der Waals surface area contributed by atoms with Crippen LogP contribution in [0.5, 0.6) is 11.5 Å². The van der Waals surface area contributed by atoms with Crippen molar-refractivity contribution < 1.29 is 19.1 Å². The monoisotopic (exact) mass is 444 g/mol. The molecule has 3 aliphatic rings. The Hall–Kier alpha value is -2.48. The second-order valence-corrected chi connectivity index (χ2v) is 9.46. The lowest BCUT2D eigenvalue weighted by Crippen LogP contribution is -2.58. The fraction of sp³-hybridized carbons (Fsp3) is 0.667. The first kappa shape index (κ1) is 22.7. The number of carbonyl (C=O) groups excluding carboxylic acids is 2. The van der Waals surface area contributed by atoms with E-state index in [4.69, 9.17) is 9.47 Å². The summed E-state index contributed by atoms with van der Waals surface area (Å²) in [5, 5.41) is 6.02. The predicted molar refractivity (Wildman–Crippen MR) is 122 cm³/mol. The highest BCUT2D eigenvalue weighted by Crippen LogP contribution is 2.32. The van der Waals surface area contributed by atoms with Crippen molar-refractivity contribution in [1.82, 2.24) is 20.4 Å². The van der Waals surface area contributed by atoms with Gasteiger partial charge in [-0.2, -0.15) is 0 Å². The molecular formula is C24H36N4O4. The Morgan fingerprint density at radius 1 is 1.03 bits per heavy atom. The van der Waals surface area contributed by atoms with Crippen molar-refractivity contribution >= 4 is 11.9 Å². The Bertz CT molecular complexity index is 801. The molecule has 2 N–H and O–H groups in total. The van der Waals surface area contributed by atoms with Gasteiger partial charge in [-0.3, -0.25) is 9.69 Å². The Kier molecular flexibility index (Phi) is 7.40. The summed E-state index contributed by atoms with van der Waals surface area (Å²) in [6, 6.07) is 5.56. The van der Waals surface area contributed by atoms with Gasteiger partial charge in [0.15, 0.2) is 11.5 Å². The van der Waals surface area contributed by atoms with E-state index in [1.54, 1.807) is 0 Å². The van der Waals surface area contributed by atoms with E-state index >= 15 is 0 Å². The van der Waals surface area contributed by atoms with Crippen LogP contribution in [0.1, 0.15) is 51.5 Å². The Labute approximate surface area is 190 Å². The number of urea groups is 1. The molecule has 1 unspecified atom stereocenters. The molecule has 1 atom stereocenters. The van der Waals surface area contributed by atoms with E-state index in [0.29, 0.717) is 13.1 Å². The predicted octanol–water partition coefficient (Wildman–Crippen LogP) is 2.72. The topological polar surface area (TPSA) is 83.1 Å². The maximum absolute atomic E-state index is 13.2. The zero-order valence-corrected chi connectivity index (χ0v) is 19.3. The normalized spacial score (nSPS) is 20.3. The molecule has 1 aliphatic carbocycles. The van der Waals surface area contributed by atoms with Crippen molar-refractivity contribution in [3.63, 3.8) is 0 Å². The van der Waals surface area contributed by atoms with E-state index < -0.39 is 6.04 Å². The van der Waals surface area contributed by atoms with Crippen molar-refractivity contribution in [2.24, 2.45) is 5.92 Å². The van der Waals surface area contributed by atoms with Gasteiger partial charge < -0.3 is 25.0 Å². The summed E-state index contributed by atoms with van der Waals surface area (Å²) in [5.41, 5.74) is 1.18. The molecule has 2 fully saturated rings. The van der Waals surface area contributed by atoms with Gasteiger partial charge in [0.25, 0.3) is 0 Å². The summed E-state index contributed by atoms with van der Waals surface area (Å²) >= 11 is 0. The van der Waals surface area contributed by atoms with Crippen LogP contribution >= 0.6 is 0 Å². The maximum Gasteiger partial charge on any atom is 0.315 e. The molecule has 3 amide bonds. The van der Waals surface area contributed by atoms with Crippen LogP contribution in [-0.4, -0.2) is 66.8 Å². The van der Waals surface area contributed by atoms with Crippen LogP contribution in [0, 0.1) is 5.92 Å². The molecule has 2 heterocycles. The van der Waals surface area contributed by atoms with Gasteiger partial charge in [0.1, 0.15) is 6.04 Å². The first-order valence-electron chi connectivity index (χ1n) is 12.0. The number of hydrogen-bond acceptors (Lipinski definition) is 5. The minimum absolute atomic E-state index is 0.0153. The van der Waals surface area contributed by atoms with Crippen molar-refractivity contribution in [1.29, 1.82) is 0 Å². The number of hydrogen-bond donors (Lipinski definition) is 2. The zero-order chi connectivity index (χ0) is 22.5. The molecule has 0 radical (unpaired) electrons. The fourth-order valence-corrected chi connectivity index (χ4v) is 4.75. The van der Waals surface area contributed by atoms with Gasteiger partial charge in [0, 0.05) is 38.8 Å². The quantitative estimate of drug-likeness (QED) is 0.705. The van der Waals surface area contributed by atoms with Crippen LogP contribution in [0.2, 0.25) is 0 Å². The van der Waals surface area contributed by atoms with E-state index in [9.17, 15) is 9.59 Å². The van der Waals surface area contributed by atoms with Crippen LogP contribution in [0.4, 0.5) is 4.79 Å². The highest BCUT2D eigenvalue weighted by Gasteiger charge is 2.31. The zero-order valence-electron chi connectivity index (χ0n) is 19.3. The van der Waals surface area contributed by atoms with Gasteiger partial charge in [-0.25, -0.2) is 4.79 Å². The second kappa shape index (κ2) is 10.4. The smallest absolute Gasteiger partial charge is 0.315 e. The summed E-state index contributed by atoms with van der Waals surface area (Å²) in [4.78, 5) is 30.0. The van der Waals surface area contributed by atoms with Crippen LogP contribution in [0.15, 0.2) is 18.2 Å². The molecule has 0 bridgehead atoms. The third-order valence-corrected chi connectivity index (χ3v) is 6.69. The largest absolute Gasteiger partial charge is 0.454 e. The SMILES string of the molecule is CC(C)C(NC(=O)NC1CCCCC1)C(=O)N1CCN(Cc2ccc3c(c2)OCO3)CC1. The minimum Gasteiger partial charge on any atom is -0.454 e. The summed E-state index contributed by atoms with van der Waals surface area (Å²) in [7, 11) is 0. The molecular weight excluding hydrogens is 408 g/mol. The molecule has 4 rings (SSSR count). The van der Waals surface area contributed by atoms with Crippen LogP contribution in [-0.2, 0) is 11.3 Å². The number of nitrogens with zero attached hydrogens (tertiary/aromatic N) is 2. The van der Waals surface area contributed by atoms with Crippen molar-refractivity contribution in [2.75, 3.05) is 33.0 Å². The molecule has 1 saturated heterocycles. The molecule has 0 spiro atoms. The first-order chi connectivity index (χ1) is 15.5. The minimum atomic E-state index is -0.501. The summed E-state index contributed by atoms with van der Waals surface area (Å²) in [6.07, 6.45) is 5.62. The van der Waals surface area contributed by atoms with E-state index in [-0.39, 0.29) is 30.7 Å². The molecule has 1 saturated carbocycles. The Morgan fingerprint density at radius 2 is 1.75 bits per heavy atom. The molecule has 32 heavy (non-hydrogen) atoms. The van der Waals surface area contributed by atoms with Crippen LogP contribution in [0.3, 0.4) is 0 Å². The number of carbonyl (C=O) groups is 2. The van der Waals surface area contributed by atoms with E-state index in [0.717, 1.165) is 56.8 Å². The molecule has 2 aliphatic heterocycles. The van der Waals surface area contributed by atoms with Crippen molar-refractivity contribution in [3.05, 3.63) is 23.8 Å². The lowest BCUT2D eigenvalue weighted by atomic mass is 9.95. The summed E-state index contributed by atoms with van der Waals surface area (Å²) < 4.78 is 10.9. The van der Waals surface area contributed by atoms with Gasteiger partial charge in [0.05, 0.1) is 0 Å². The third kappa shape index (κ3) is 5.65. The first-order valence-corrected chi connectivity index (χ1v) is 12.0. The number of fused-ring (bicyclic) bond motifs is 1. The Balaban J connectivity index is 1.26. The molecule has 1 aromatic carbocycles. The lowest BCUT2D eigenvalue weighted by molar-refractivity contribution is -0.136. The highest BCUT2D eigenvalue weighted by molar-refractivity contribution is 5.87. The number of amides is 3. The molecule has 0 aromatic heterocycles. The molecule has 8 heteroatoms. The average molecular weight is 445 g/mol. The molecule has 8 nitrogen and oxygen atoms in total. The Morgan fingerprint density at radius 3 is 2.47 bits per heavy atom. The molecule has 1 aromatic rings. The molecule has 176 valence electrons. The number of rotatable bonds is 6. The van der Waals surface area contributed by atoms with Gasteiger partial charge in [-0.05, 0) is 36.5 Å². The maximum atomic E-state index is 13.2. The summed E-state index contributed by atoms with van der Waals surface area (Å²) in [5.74, 6) is 1.64. The van der Waals surface area contributed by atoms with Crippen LogP contribution in [0.25, 0.3) is 0 Å². The number of benzene rings is 1. The van der Waals surface area contributed by atoms with Gasteiger partial charge in [0.2, 0.25) is 12.7 Å². The number of nitrogens with one attached hydrogen (secondary N) is 2. The van der Waals surface area contributed by atoms with Gasteiger partial charge in [-0.15, -0.1) is 0 Å². The van der Waals surface area contributed by atoms with Gasteiger partial charge >= 0.3 is 6.03 Å². The standard InChI is InChI=1S/C24H36N4O4/c1-17(2)22(26-24(30)25-19-6-4-3-5-7-19)23(29)28-12-10-27(11-13-28)15-18-8-9-20-21(14-18)32-16-31-20/h8-9,14,17,19,22H,3-7,10-13,15-16H2,1-2H3,(H2,25,26,30). The summed E-state index contributed by atoms with van der Waals surface area (Å²) in [6.45, 7) is 8.01. The third-order valence-electron chi connectivity index (χ3n) is 6.69. The fourth-order valence-electron chi connectivity index (χ4n) is 4.75. The number of ether oxygens (including phenoxy) is 2. The van der Waals surface area contributed by atoms with Crippen molar-refractivity contribution in [3.8, 4) is 11.5 Å². The second-order valence-electron chi connectivity index (χ2n) is 9.46. The van der Waals surface area contributed by atoms with Crippen molar-refractivity contribution in [2.45, 2.75) is 64.6 Å².